The molecule has 1 fully saturated rings. The third-order valence-corrected chi connectivity index (χ3v) is 5.46. The second-order valence-corrected chi connectivity index (χ2v) is 7.41. The monoisotopic (exact) mass is 377 g/mol. The number of nitrogens with one attached hydrogen (secondary N) is 1. The Morgan fingerprint density at radius 3 is 2.36 bits per heavy atom. The minimum Gasteiger partial charge on any atom is -0.481 e. The highest BCUT2D eigenvalue weighted by Gasteiger charge is 2.28. The second kappa shape index (κ2) is 8.22. The van der Waals surface area contributed by atoms with E-state index in [1.54, 1.807) is 6.07 Å². The molecule has 25 heavy (non-hydrogen) atoms. The number of carboxylic acid groups (broad SMARTS) is 1. The Hall–Kier alpha value is -1.55. The van der Waals surface area contributed by atoms with Crippen molar-refractivity contribution in [3.8, 4) is 0 Å². The molecule has 1 aliphatic rings. The molecule has 132 valence electrons. The predicted molar refractivity (Wildman–Crippen MR) is 101 cm³/mol. The third-order valence-electron chi connectivity index (χ3n) is 4.88. The molecule has 2 aromatic carbocycles. The van der Waals surface area contributed by atoms with Crippen molar-refractivity contribution >= 4 is 29.2 Å². The standard InChI is InChI=1S/C20H21Cl2NO2/c21-15-8-11-18(22)17(12-15)19(13-4-2-1-3-5-13)23-16-9-6-14(7-10-16)20(24)25/h1-5,8,11-12,14,16,19,23H,6-7,9-10H2,(H,24,25). The van der Waals surface area contributed by atoms with Crippen molar-refractivity contribution < 1.29 is 9.90 Å². The van der Waals surface area contributed by atoms with E-state index >= 15 is 0 Å². The first-order valence-electron chi connectivity index (χ1n) is 8.53. The van der Waals surface area contributed by atoms with Gasteiger partial charge in [0.15, 0.2) is 0 Å². The lowest BCUT2D eigenvalue weighted by Gasteiger charge is -2.31. The van der Waals surface area contributed by atoms with Crippen molar-refractivity contribution in [2.24, 2.45) is 5.92 Å². The molecule has 3 nitrogen and oxygen atoms in total. The zero-order valence-electron chi connectivity index (χ0n) is 13.8. The lowest BCUT2D eigenvalue weighted by Crippen LogP contribution is -2.37. The molecule has 5 heteroatoms. The van der Waals surface area contributed by atoms with Gasteiger partial charge in [-0.3, -0.25) is 4.79 Å². The Morgan fingerprint density at radius 1 is 1.04 bits per heavy atom. The summed E-state index contributed by atoms with van der Waals surface area (Å²) in [6.45, 7) is 0. The Bertz CT molecular complexity index is 728. The highest BCUT2D eigenvalue weighted by Crippen LogP contribution is 2.33. The molecule has 1 atom stereocenters. The van der Waals surface area contributed by atoms with Crippen LogP contribution in [0.5, 0.6) is 0 Å². The molecule has 2 N–H and O–H groups in total. The average molecular weight is 378 g/mol. The molecule has 0 saturated heterocycles. The number of aliphatic carboxylic acids is 1. The summed E-state index contributed by atoms with van der Waals surface area (Å²) < 4.78 is 0. The van der Waals surface area contributed by atoms with Crippen LogP contribution in [0.15, 0.2) is 48.5 Å². The SMILES string of the molecule is O=C(O)C1CCC(NC(c2ccccc2)c2cc(Cl)ccc2Cl)CC1. The van der Waals surface area contributed by atoms with E-state index in [1.807, 2.05) is 30.3 Å². The molecule has 0 spiro atoms. The van der Waals surface area contributed by atoms with Gasteiger partial charge in [0.25, 0.3) is 0 Å². The largest absolute Gasteiger partial charge is 0.481 e. The van der Waals surface area contributed by atoms with Crippen LogP contribution in [0.3, 0.4) is 0 Å². The summed E-state index contributed by atoms with van der Waals surface area (Å²) in [5.74, 6) is -0.904. The van der Waals surface area contributed by atoms with Crippen LogP contribution in [0.2, 0.25) is 10.0 Å². The minimum atomic E-state index is -0.684. The summed E-state index contributed by atoms with van der Waals surface area (Å²) in [6, 6.07) is 15.8. The Balaban J connectivity index is 1.83. The fraction of sp³-hybridized carbons (Fsp3) is 0.350. The molecule has 0 bridgehead atoms. The van der Waals surface area contributed by atoms with Gasteiger partial charge < -0.3 is 10.4 Å². The molecule has 0 amide bonds. The van der Waals surface area contributed by atoms with Crippen LogP contribution in [-0.2, 0) is 4.79 Å². The topological polar surface area (TPSA) is 49.3 Å². The number of rotatable bonds is 5. The van der Waals surface area contributed by atoms with Gasteiger partial charge in [-0.05, 0) is 55.0 Å². The normalized spacial score (nSPS) is 21.7. The van der Waals surface area contributed by atoms with E-state index in [2.05, 4.69) is 17.4 Å². The van der Waals surface area contributed by atoms with Gasteiger partial charge >= 0.3 is 5.97 Å². The summed E-state index contributed by atoms with van der Waals surface area (Å²) in [7, 11) is 0. The zero-order valence-corrected chi connectivity index (χ0v) is 15.3. The second-order valence-electron chi connectivity index (χ2n) is 6.56. The van der Waals surface area contributed by atoms with Crippen LogP contribution in [-0.4, -0.2) is 17.1 Å². The van der Waals surface area contributed by atoms with E-state index in [0.29, 0.717) is 22.9 Å². The molecule has 1 unspecified atom stereocenters. The van der Waals surface area contributed by atoms with E-state index < -0.39 is 5.97 Å². The maximum absolute atomic E-state index is 11.2. The van der Waals surface area contributed by atoms with Crippen molar-refractivity contribution in [1.29, 1.82) is 0 Å². The van der Waals surface area contributed by atoms with Crippen molar-refractivity contribution in [3.63, 3.8) is 0 Å². The lowest BCUT2D eigenvalue weighted by atomic mass is 9.85. The van der Waals surface area contributed by atoms with Gasteiger partial charge in [0.1, 0.15) is 0 Å². The third kappa shape index (κ3) is 4.55. The molecular weight excluding hydrogens is 357 g/mol. The van der Waals surface area contributed by atoms with Gasteiger partial charge in [-0.15, -0.1) is 0 Å². The van der Waals surface area contributed by atoms with E-state index in [9.17, 15) is 9.90 Å². The minimum absolute atomic E-state index is 0.0706. The number of benzene rings is 2. The molecule has 3 rings (SSSR count). The van der Waals surface area contributed by atoms with Crippen molar-refractivity contribution in [1.82, 2.24) is 5.32 Å². The number of hydrogen-bond acceptors (Lipinski definition) is 2. The molecule has 1 aliphatic carbocycles. The molecule has 1 saturated carbocycles. The Labute approximate surface area is 158 Å². The van der Waals surface area contributed by atoms with E-state index in [0.717, 1.165) is 24.0 Å². The summed E-state index contributed by atoms with van der Waals surface area (Å²) in [5, 5.41) is 14.2. The number of hydrogen-bond donors (Lipinski definition) is 2. The highest BCUT2D eigenvalue weighted by atomic mass is 35.5. The maximum atomic E-state index is 11.2. The van der Waals surface area contributed by atoms with Gasteiger partial charge in [0.05, 0.1) is 12.0 Å². The first-order chi connectivity index (χ1) is 12.0. The first kappa shape index (κ1) is 18.2. The van der Waals surface area contributed by atoms with Crippen LogP contribution in [0.25, 0.3) is 0 Å². The van der Waals surface area contributed by atoms with Gasteiger partial charge in [-0.2, -0.15) is 0 Å². The highest BCUT2D eigenvalue weighted by molar-refractivity contribution is 6.33. The van der Waals surface area contributed by atoms with Crippen LogP contribution < -0.4 is 5.32 Å². The Kier molecular flexibility index (Phi) is 6.00. The van der Waals surface area contributed by atoms with Crippen LogP contribution in [0, 0.1) is 5.92 Å². The molecule has 0 aliphatic heterocycles. The quantitative estimate of drug-likeness (QED) is 0.741. The van der Waals surface area contributed by atoms with Gasteiger partial charge in [0, 0.05) is 16.1 Å². The van der Waals surface area contributed by atoms with Crippen molar-refractivity contribution in [3.05, 3.63) is 69.7 Å². The first-order valence-corrected chi connectivity index (χ1v) is 9.29. The van der Waals surface area contributed by atoms with Gasteiger partial charge in [-0.25, -0.2) is 0 Å². The number of halogens is 2. The summed E-state index contributed by atoms with van der Waals surface area (Å²) >= 11 is 12.6. The van der Waals surface area contributed by atoms with E-state index in [-0.39, 0.29) is 18.0 Å². The van der Waals surface area contributed by atoms with E-state index in [4.69, 9.17) is 23.2 Å². The predicted octanol–water partition coefficient (Wildman–Crippen LogP) is 5.32. The zero-order chi connectivity index (χ0) is 17.8. The molecule has 0 aromatic heterocycles. The smallest absolute Gasteiger partial charge is 0.306 e. The van der Waals surface area contributed by atoms with Gasteiger partial charge in [-0.1, -0.05) is 53.5 Å². The fourth-order valence-electron chi connectivity index (χ4n) is 3.49. The summed E-state index contributed by atoms with van der Waals surface area (Å²) in [5.41, 5.74) is 2.06. The van der Waals surface area contributed by atoms with E-state index in [1.165, 1.54) is 0 Å². The van der Waals surface area contributed by atoms with Gasteiger partial charge in [0.2, 0.25) is 0 Å². The van der Waals surface area contributed by atoms with Crippen molar-refractivity contribution in [2.75, 3.05) is 0 Å². The van der Waals surface area contributed by atoms with Crippen LogP contribution in [0.1, 0.15) is 42.9 Å². The lowest BCUT2D eigenvalue weighted by molar-refractivity contribution is -0.142. The summed E-state index contributed by atoms with van der Waals surface area (Å²) in [4.78, 5) is 11.2. The molecule has 0 radical (unpaired) electrons. The number of carboxylic acids is 1. The van der Waals surface area contributed by atoms with Crippen molar-refractivity contribution in [2.45, 2.75) is 37.8 Å². The van der Waals surface area contributed by atoms with Crippen LogP contribution in [0.4, 0.5) is 0 Å². The molecular formula is C20H21Cl2NO2. The molecule has 0 heterocycles. The fourth-order valence-corrected chi connectivity index (χ4v) is 3.90. The maximum Gasteiger partial charge on any atom is 0.306 e. The summed E-state index contributed by atoms with van der Waals surface area (Å²) in [6.07, 6.45) is 3.10. The average Bonchev–Trinajstić information content (AvgIpc) is 2.63. The molecule has 2 aromatic rings. The number of carbonyl (C=O) groups is 1. The Morgan fingerprint density at radius 2 is 1.72 bits per heavy atom. The van der Waals surface area contributed by atoms with Crippen LogP contribution >= 0.6 is 23.2 Å².